The zero-order valence-corrected chi connectivity index (χ0v) is 24.5. The van der Waals surface area contributed by atoms with E-state index in [2.05, 4.69) is 20.0 Å². The van der Waals surface area contributed by atoms with Gasteiger partial charge in [-0.05, 0) is 62.4 Å². The Balaban J connectivity index is 1.29. The van der Waals surface area contributed by atoms with Crippen LogP contribution in [-0.2, 0) is 10.2 Å². The van der Waals surface area contributed by atoms with E-state index >= 15 is 0 Å². The number of ether oxygens (including phenoxy) is 1. The third-order valence-electron chi connectivity index (χ3n) is 7.78. The number of aryl methyl sites for hydroxylation is 1. The van der Waals surface area contributed by atoms with Crippen molar-refractivity contribution in [3.8, 4) is 22.9 Å². The smallest absolute Gasteiger partial charge is 0.407 e. The molecule has 2 aromatic heterocycles. The van der Waals surface area contributed by atoms with Crippen molar-refractivity contribution in [2.75, 3.05) is 36.2 Å². The Bertz CT molecular complexity index is 1760. The van der Waals surface area contributed by atoms with Crippen LogP contribution >= 0.6 is 0 Å². The molecule has 2 fully saturated rings. The Morgan fingerprint density at radius 1 is 0.977 bits per heavy atom. The second-order valence-corrected chi connectivity index (χ2v) is 12.4. The summed E-state index contributed by atoms with van der Waals surface area (Å²) in [5.41, 5.74) is 2.56. The van der Waals surface area contributed by atoms with Crippen molar-refractivity contribution in [2.24, 2.45) is 0 Å². The lowest BCUT2D eigenvalue weighted by atomic mass is 10.0. The lowest BCUT2D eigenvalue weighted by molar-refractivity contribution is 0.132. The highest BCUT2D eigenvalue weighted by molar-refractivity contribution is 7.90. The van der Waals surface area contributed by atoms with E-state index in [1.807, 2.05) is 31.2 Å². The first-order chi connectivity index (χ1) is 20.8. The monoisotopic (exact) mass is 603 g/mol. The first-order valence-corrected chi connectivity index (χ1v) is 15.7. The number of fused-ring (bicyclic) bond motifs is 1. The quantitative estimate of drug-likeness (QED) is 0.250. The number of hydrogen-bond acceptors (Lipinski definition) is 8. The van der Waals surface area contributed by atoms with Gasteiger partial charge in [-0.15, -0.1) is 0 Å². The first kappa shape index (κ1) is 28.6. The maximum absolute atomic E-state index is 13.0. The van der Waals surface area contributed by atoms with Crippen LogP contribution in [0.1, 0.15) is 31.2 Å². The van der Waals surface area contributed by atoms with Gasteiger partial charge in [0, 0.05) is 55.4 Å². The second-order valence-electron chi connectivity index (χ2n) is 10.8. The molecule has 2 saturated heterocycles. The van der Waals surface area contributed by atoms with Crippen LogP contribution in [0, 0.1) is 6.92 Å². The number of amides is 1. The molecule has 2 aromatic carbocycles. The highest BCUT2D eigenvalue weighted by Gasteiger charge is 2.26. The van der Waals surface area contributed by atoms with Gasteiger partial charge >= 0.3 is 16.3 Å². The lowest BCUT2D eigenvalue weighted by Crippen LogP contribution is -2.44. The number of pyridine rings is 1. The zero-order valence-electron chi connectivity index (χ0n) is 23.7. The zero-order chi connectivity index (χ0) is 30.0. The van der Waals surface area contributed by atoms with E-state index in [0.717, 1.165) is 36.6 Å². The number of benzene rings is 2. The van der Waals surface area contributed by atoms with E-state index in [1.54, 1.807) is 36.7 Å². The molecule has 1 amide bonds. The molecular weight excluding hydrogens is 570 g/mol. The number of anilines is 2. The fraction of sp³-hybridized carbons (Fsp3) is 0.333. The summed E-state index contributed by atoms with van der Waals surface area (Å²) in [7, 11) is -3.67. The van der Waals surface area contributed by atoms with E-state index < -0.39 is 16.3 Å². The number of nitrogens with zero attached hydrogens (tertiary/aromatic N) is 5. The summed E-state index contributed by atoms with van der Waals surface area (Å²) in [4.78, 5) is 26.4. The molecule has 0 radical (unpaired) electrons. The molecular formula is C30H33N7O5S. The molecule has 43 heavy (non-hydrogen) atoms. The molecule has 0 bridgehead atoms. The fourth-order valence-electron chi connectivity index (χ4n) is 5.59. The van der Waals surface area contributed by atoms with Gasteiger partial charge in [-0.2, -0.15) is 12.7 Å². The van der Waals surface area contributed by atoms with Crippen LogP contribution in [-0.4, -0.2) is 76.0 Å². The van der Waals surface area contributed by atoms with Gasteiger partial charge in [0.15, 0.2) is 0 Å². The van der Waals surface area contributed by atoms with Crippen LogP contribution in [0.3, 0.4) is 0 Å². The first-order valence-electron chi connectivity index (χ1n) is 14.3. The molecule has 2 aliphatic rings. The molecule has 3 N–H and O–H groups in total. The summed E-state index contributed by atoms with van der Waals surface area (Å²) in [6, 6.07) is 14.5. The highest BCUT2D eigenvalue weighted by Crippen LogP contribution is 2.39. The molecule has 13 heteroatoms. The minimum Gasteiger partial charge on any atom is -0.465 e. The van der Waals surface area contributed by atoms with Crippen molar-refractivity contribution in [3.63, 3.8) is 0 Å². The van der Waals surface area contributed by atoms with Gasteiger partial charge in [0.25, 0.3) is 0 Å². The maximum Gasteiger partial charge on any atom is 0.407 e. The second kappa shape index (κ2) is 12.0. The van der Waals surface area contributed by atoms with Crippen molar-refractivity contribution in [2.45, 2.75) is 38.6 Å². The average molecular weight is 604 g/mol. The SMILES string of the molecule is Cc1ccc2c(NS(=O)(=O)N3CCCC3)cccc2c1Oc1ncccc1-c1ccnc(NC2CCCN(C(=O)O)C2)n1. The normalized spacial score (nSPS) is 17.6. The van der Waals surface area contributed by atoms with E-state index in [-0.39, 0.29) is 6.04 Å². The van der Waals surface area contributed by atoms with E-state index in [1.165, 1.54) is 9.21 Å². The van der Waals surface area contributed by atoms with Crippen LogP contribution in [0.5, 0.6) is 11.6 Å². The summed E-state index contributed by atoms with van der Waals surface area (Å²) in [5.74, 6) is 1.28. The number of piperidine rings is 1. The maximum atomic E-state index is 13.0. The summed E-state index contributed by atoms with van der Waals surface area (Å²) in [6.07, 6.45) is 5.63. The number of carbonyl (C=O) groups is 1. The molecule has 0 saturated carbocycles. The number of likely N-dealkylation sites (tertiary alicyclic amines) is 1. The van der Waals surface area contributed by atoms with Crippen molar-refractivity contribution >= 4 is 38.7 Å². The lowest BCUT2D eigenvalue weighted by Gasteiger charge is -2.31. The molecule has 6 rings (SSSR count). The molecule has 0 aliphatic carbocycles. The fourth-order valence-corrected chi connectivity index (χ4v) is 6.91. The third kappa shape index (κ3) is 6.18. The predicted octanol–water partition coefficient (Wildman–Crippen LogP) is 5.10. The van der Waals surface area contributed by atoms with Gasteiger partial charge in [-0.1, -0.05) is 24.3 Å². The van der Waals surface area contributed by atoms with Gasteiger partial charge in [0.1, 0.15) is 5.75 Å². The number of nitrogens with one attached hydrogen (secondary N) is 2. The Morgan fingerprint density at radius 2 is 1.81 bits per heavy atom. The molecule has 1 atom stereocenters. The van der Waals surface area contributed by atoms with Gasteiger partial charge in [-0.3, -0.25) is 4.72 Å². The Hall–Kier alpha value is -4.49. The molecule has 1 unspecified atom stereocenters. The Labute approximate surface area is 249 Å². The van der Waals surface area contributed by atoms with E-state index in [4.69, 9.17) is 9.72 Å². The van der Waals surface area contributed by atoms with Gasteiger partial charge < -0.3 is 20.1 Å². The predicted molar refractivity (Wildman–Crippen MR) is 164 cm³/mol. The van der Waals surface area contributed by atoms with Gasteiger partial charge in [-0.25, -0.2) is 19.7 Å². The Morgan fingerprint density at radius 3 is 2.63 bits per heavy atom. The molecule has 12 nitrogen and oxygen atoms in total. The standard InChI is InChI=1S/C30H33N7O5S/c1-20-11-12-22-23(8-4-10-26(22)35-43(40,41)37-17-2-3-18-37)27(20)42-28-24(9-5-14-31-28)25-13-15-32-29(34-25)33-21-7-6-16-36(19-21)30(38)39/h4-5,8-15,21,35H,2-3,6-7,16-19H2,1H3,(H,38,39)(H,32,33,34). The summed E-state index contributed by atoms with van der Waals surface area (Å²) in [5, 5.41) is 14.1. The van der Waals surface area contributed by atoms with Crippen LogP contribution in [0.25, 0.3) is 22.0 Å². The summed E-state index contributed by atoms with van der Waals surface area (Å²) < 4.78 is 36.7. The van der Waals surface area contributed by atoms with Crippen LogP contribution in [0.2, 0.25) is 0 Å². The minimum atomic E-state index is -3.67. The molecule has 2 aliphatic heterocycles. The molecule has 4 heterocycles. The van der Waals surface area contributed by atoms with Crippen molar-refractivity contribution in [1.29, 1.82) is 0 Å². The van der Waals surface area contributed by atoms with Crippen LogP contribution in [0.4, 0.5) is 16.4 Å². The molecule has 224 valence electrons. The van der Waals surface area contributed by atoms with Crippen LogP contribution in [0.15, 0.2) is 60.9 Å². The number of rotatable bonds is 8. The Kier molecular flexibility index (Phi) is 8.00. The number of hydrogen-bond donors (Lipinski definition) is 3. The topological polar surface area (TPSA) is 150 Å². The largest absolute Gasteiger partial charge is 0.465 e. The van der Waals surface area contributed by atoms with Gasteiger partial charge in [0.05, 0.1) is 16.9 Å². The van der Waals surface area contributed by atoms with E-state index in [0.29, 0.717) is 66.1 Å². The van der Waals surface area contributed by atoms with E-state index in [9.17, 15) is 18.3 Å². The summed E-state index contributed by atoms with van der Waals surface area (Å²) >= 11 is 0. The van der Waals surface area contributed by atoms with Crippen molar-refractivity contribution < 1.29 is 23.1 Å². The highest BCUT2D eigenvalue weighted by atomic mass is 32.2. The van der Waals surface area contributed by atoms with Crippen molar-refractivity contribution in [3.05, 3.63) is 66.5 Å². The molecule has 0 spiro atoms. The molecule has 4 aromatic rings. The van der Waals surface area contributed by atoms with Gasteiger partial charge in [0.2, 0.25) is 11.8 Å². The third-order valence-corrected chi connectivity index (χ3v) is 9.30. The minimum absolute atomic E-state index is 0.0971. The number of carboxylic acid groups (broad SMARTS) is 1. The van der Waals surface area contributed by atoms with Crippen molar-refractivity contribution in [1.82, 2.24) is 24.2 Å². The average Bonchev–Trinajstić information content (AvgIpc) is 3.56. The summed E-state index contributed by atoms with van der Waals surface area (Å²) in [6.45, 7) is 3.83. The number of aromatic nitrogens is 3. The van der Waals surface area contributed by atoms with Crippen LogP contribution < -0.4 is 14.8 Å².